The minimum Gasteiger partial charge on any atom is -0.282 e. The van der Waals surface area contributed by atoms with Gasteiger partial charge < -0.3 is 0 Å². The van der Waals surface area contributed by atoms with Crippen molar-refractivity contribution in [3.63, 3.8) is 0 Å². The first-order valence-electron chi connectivity index (χ1n) is 14.0. The van der Waals surface area contributed by atoms with Crippen LogP contribution in [0.15, 0.2) is 35.2 Å². The van der Waals surface area contributed by atoms with Crippen LogP contribution in [0.2, 0.25) is 0 Å². The molecule has 0 bridgehead atoms. The summed E-state index contributed by atoms with van der Waals surface area (Å²) in [6.45, 7) is 4.51. The van der Waals surface area contributed by atoms with Crippen molar-refractivity contribution in [1.29, 1.82) is 0 Å². The SMILES string of the molecule is CCCCCCCCCCc1ccc2c(S(=O)(=O)O)cccc2c1CCCCCCCCCC. The van der Waals surface area contributed by atoms with Crippen LogP contribution in [0.1, 0.15) is 128 Å². The molecule has 3 nitrogen and oxygen atoms in total. The molecule has 2 aromatic rings. The monoisotopic (exact) mass is 488 g/mol. The van der Waals surface area contributed by atoms with Crippen molar-refractivity contribution in [1.82, 2.24) is 0 Å². The molecule has 0 amide bonds. The fourth-order valence-corrected chi connectivity index (χ4v) is 5.78. The summed E-state index contributed by atoms with van der Waals surface area (Å²) in [5, 5.41) is 1.65. The van der Waals surface area contributed by atoms with E-state index in [0.717, 1.165) is 24.6 Å². The first-order valence-corrected chi connectivity index (χ1v) is 15.4. The van der Waals surface area contributed by atoms with Gasteiger partial charge in [0.1, 0.15) is 4.90 Å². The Morgan fingerprint density at radius 3 is 1.62 bits per heavy atom. The average Bonchev–Trinajstić information content (AvgIpc) is 2.82. The van der Waals surface area contributed by atoms with Gasteiger partial charge in [0.05, 0.1) is 0 Å². The molecule has 4 heteroatoms. The summed E-state index contributed by atoms with van der Waals surface area (Å²) in [6, 6.07) is 9.31. The second kappa shape index (κ2) is 16.3. The van der Waals surface area contributed by atoms with Crippen LogP contribution in [0.3, 0.4) is 0 Å². The van der Waals surface area contributed by atoms with Crippen molar-refractivity contribution >= 4 is 20.9 Å². The zero-order valence-electron chi connectivity index (χ0n) is 21.8. The number of benzene rings is 2. The molecule has 2 rings (SSSR count). The lowest BCUT2D eigenvalue weighted by Gasteiger charge is -2.15. The Balaban J connectivity index is 2.03. The van der Waals surface area contributed by atoms with Crippen molar-refractivity contribution in [2.75, 3.05) is 0 Å². The van der Waals surface area contributed by atoms with Crippen molar-refractivity contribution in [3.8, 4) is 0 Å². The Morgan fingerprint density at radius 1 is 0.588 bits per heavy atom. The second-order valence-corrected chi connectivity index (χ2v) is 11.4. The Hall–Kier alpha value is -1.39. The van der Waals surface area contributed by atoms with Crippen molar-refractivity contribution < 1.29 is 13.0 Å². The predicted octanol–water partition coefficient (Wildman–Crippen LogP) is 9.45. The molecule has 0 aromatic heterocycles. The molecule has 192 valence electrons. The highest BCUT2D eigenvalue weighted by Gasteiger charge is 2.16. The second-order valence-electron chi connectivity index (χ2n) is 9.98. The summed E-state index contributed by atoms with van der Waals surface area (Å²) in [6.07, 6.45) is 22.7. The molecule has 0 unspecified atom stereocenters. The van der Waals surface area contributed by atoms with Gasteiger partial charge in [-0.3, -0.25) is 4.55 Å². The van der Waals surface area contributed by atoms with E-state index in [1.165, 1.54) is 114 Å². The largest absolute Gasteiger partial charge is 0.295 e. The van der Waals surface area contributed by atoms with Gasteiger partial charge in [-0.1, -0.05) is 128 Å². The Morgan fingerprint density at radius 2 is 1.09 bits per heavy atom. The molecule has 0 aliphatic rings. The van der Waals surface area contributed by atoms with Crippen LogP contribution in [0, 0.1) is 0 Å². The van der Waals surface area contributed by atoms with Crippen LogP contribution in [0.5, 0.6) is 0 Å². The molecule has 0 atom stereocenters. The third kappa shape index (κ3) is 10.1. The number of rotatable bonds is 19. The van der Waals surface area contributed by atoms with Crippen LogP contribution in [-0.2, 0) is 23.0 Å². The number of hydrogen-bond donors (Lipinski definition) is 1. The van der Waals surface area contributed by atoms with Crippen LogP contribution in [0.25, 0.3) is 10.8 Å². The predicted molar refractivity (Wildman–Crippen MR) is 146 cm³/mol. The summed E-state index contributed by atoms with van der Waals surface area (Å²) >= 11 is 0. The number of fused-ring (bicyclic) bond motifs is 1. The van der Waals surface area contributed by atoms with Crippen molar-refractivity contribution in [2.24, 2.45) is 0 Å². The van der Waals surface area contributed by atoms with Crippen LogP contribution < -0.4 is 0 Å². The van der Waals surface area contributed by atoms with E-state index in [-0.39, 0.29) is 4.90 Å². The molecule has 1 N–H and O–H groups in total. The van der Waals surface area contributed by atoms with Gasteiger partial charge in [-0.2, -0.15) is 8.42 Å². The lowest BCUT2D eigenvalue weighted by Crippen LogP contribution is -2.02. The van der Waals surface area contributed by atoms with Crippen LogP contribution in [-0.4, -0.2) is 13.0 Å². The topological polar surface area (TPSA) is 54.4 Å². The zero-order valence-corrected chi connectivity index (χ0v) is 22.6. The van der Waals surface area contributed by atoms with Gasteiger partial charge in [0, 0.05) is 5.39 Å². The number of hydrogen-bond acceptors (Lipinski definition) is 2. The molecule has 0 heterocycles. The standard InChI is InChI=1S/C30H48O3S/c1-3-5-7-9-11-13-15-17-20-26-24-25-29-28(22-19-23-30(29)34(31,32)33)27(26)21-18-16-14-12-10-8-6-4-2/h19,22-25H,3-18,20-21H2,1-2H3,(H,31,32,33). The first kappa shape index (κ1) is 28.8. The van der Waals surface area contributed by atoms with Crippen molar-refractivity contribution in [2.45, 2.75) is 134 Å². The molecular weight excluding hydrogens is 440 g/mol. The minimum atomic E-state index is -4.23. The molecule has 0 spiro atoms. The Bertz CT molecular complexity index is 933. The van der Waals surface area contributed by atoms with E-state index >= 15 is 0 Å². The van der Waals surface area contributed by atoms with Crippen molar-refractivity contribution in [3.05, 3.63) is 41.5 Å². The molecule has 2 aromatic carbocycles. The lowest BCUT2D eigenvalue weighted by molar-refractivity contribution is 0.484. The molecular formula is C30H48O3S. The lowest BCUT2D eigenvalue weighted by atomic mass is 9.91. The van der Waals surface area contributed by atoms with E-state index in [1.807, 2.05) is 12.1 Å². The smallest absolute Gasteiger partial charge is 0.282 e. The number of unbranched alkanes of at least 4 members (excludes halogenated alkanes) is 14. The maximum Gasteiger partial charge on any atom is 0.295 e. The third-order valence-corrected chi connectivity index (χ3v) is 8.00. The first-order chi connectivity index (χ1) is 16.5. The maximum absolute atomic E-state index is 11.9. The summed E-state index contributed by atoms with van der Waals surface area (Å²) in [5.74, 6) is 0. The molecule has 0 aliphatic heterocycles. The molecule has 0 saturated carbocycles. The maximum atomic E-state index is 11.9. The van der Waals surface area contributed by atoms with Gasteiger partial charge in [0.15, 0.2) is 0 Å². The number of aryl methyl sites for hydroxylation is 2. The highest BCUT2D eigenvalue weighted by atomic mass is 32.2. The van der Waals surface area contributed by atoms with Crippen LogP contribution >= 0.6 is 0 Å². The van der Waals surface area contributed by atoms with E-state index in [9.17, 15) is 13.0 Å². The normalized spacial score (nSPS) is 12.0. The molecule has 0 fully saturated rings. The molecule has 0 radical (unpaired) electrons. The summed E-state index contributed by atoms with van der Waals surface area (Å²) in [5.41, 5.74) is 2.64. The van der Waals surface area contributed by atoms with Gasteiger partial charge >= 0.3 is 0 Å². The van der Waals surface area contributed by atoms with Gasteiger partial charge in [-0.15, -0.1) is 0 Å². The van der Waals surface area contributed by atoms with Gasteiger partial charge in [0.2, 0.25) is 0 Å². The highest BCUT2D eigenvalue weighted by molar-refractivity contribution is 7.86. The molecule has 34 heavy (non-hydrogen) atoms. The Labute approximate surface area is 209 Å². The fourth-order valence-electron chi connectivity index (χ4n) is 5.08. The zero-order chi connectivity index (χ0) is 24.7. The average molecular weight is 489 g/mol. The van der Waals surface area contributed by atoms with Gasteiger partial charge in [-0.25, -0.2) is 0 Å². The highest BCUT2D eigenvalue weighted by Crippen LogP contribution is 2.30. The van der Waals surface area contributed by atoms with Crippen LogP contribution in [0.4, 0.5) is 0 Å². The van der Waals surface area contributed by atoms with Gasteiger partial charge in [0.25, 0.3) is 10.1 Å². The summed E-state index contributed by atoms with van der Waals surface area (Å²) < 4.78 is 33.6. The minimum absolute atomic E-state index is 0.0285. The van der Waals surface area contributed by atoms with E-state index in [4.69, 9.17) is 0 Å². The van der Waals surface area contributed by atoms with Gasteiger partial charge in [-0.05, 0) is 48.3 Å². The molecule has 0 aliphatic carbocycles. The third-order valence-electron chi connectivity index (χ3n) is 7.09. The summed E-state index contributed by atoms with van der Waals surface area (Å²) in [4.78, 5) is 0.0285. The quantitative estimate of drug-likeness (QED) is 0.158. The molecule has 0 saturated heterocycles. The Kier molecular flexibility index (Phi) is 13.8. The van der Waals surface area contributed by atoms with E-state index < -0.39 is 10.1 Å². The summed E-state index contributed by atoms with van der Waals surface area (Å²) in [7, 11) is -4.23. The fraction of sp³-hybridized carbons (Fsp3) is 0.667. The van der Waals surface area contributed by atoms with E-state index in [0.29, 0.717) is 5.39 Å². The van der Waals surface area contributed by atoms with E-state index in [1.54, 1.807) is 6.07 Å². The van der Waals surface area contributed by atoms with E-state index in [2.05, 4.69) is 19.9 Å².